The largest absolute Gasteiger partial charge is 0.466 e. The van der Waals surface area contributed by atoms with Gasteiger partial charge in [-0.3, -0.25) is 9.59 Å². The van der Waals surface area contributed by atoms with E-state index in [4.69, 9.17) is 4.74 Å². The fraction of sp³-hybridized carbons (Fsp3) is 0.941. The van der Waals surface area contributed by atoms with Crippen LogP contribution in [0.1, 0.15) is 386 Å². The van der Waals surface area contributed by atoms with Crippen molar-refractivity contribution in [1.29, 1.82) is 0 Å². The number of ether oxygens (including phenoxy) is 1. The highest BCUT2D eigenvalue weighted by Gasteiger charge is 2.20. The number of hydrogen-bond donors (Lipinski definition) is 3. The van der Waals surface area contributed by atoms with Crippen LogP contribution in [-0.2, 0) is 14.3 Å². The molecule has 2 atom stereocenters. The molecule has 0 rings (SSSR count). The highest BCUT2D eigenvalue weighted by molar-refractivity contribution is 5.76. The molecule has 6 nitrogen and oxygen atoms in total. The molecule has 0 aliphatic heterocycles. The first-order chi connectivity index (χ1) is 36.5. The van der Waals surface area contributed by atoms with Gasteiger partial charge >= 0.3 is 5.97 Å². The quantitative estimate of drug-likeness (QED) is 0.0320. The molecule has 1 amide bonds. The summed E-state index contributed by atoms with van der Waals surface area (Å²) in [4.78, 5) is 24.4. The fourth-order valence-corrected chi connectivity index (χ4v) is 10.9. The Hall–Kier alpha value is -1.40. The number of unbranched alkanes of at least 4 members (excludes halogenated alkanes) is 51. The SMILES string of the molecule is CCCCCCCCCCCCCC(=O)OCCCCCCCCCCCCCCCCCC/C=C\CCCCCCCCCCCCCCCCCCCC(=O)NC(CO)C(O)CCCCCCCCCCC. The van der Waals surface area contributed by atoms with Gasteiger partial charge in [0.2, 0.25) is 5.91 Å². The van der Waals surface area contributed by atoms with Crippen LogP contribution < -0.4 is 5.32 Å². The second kappa shape index (κ2) is 64.1. The zero-order chi connectivity index (χ0) is 53.6. The van der Waals surface area contributed by atoms with Crippen molar-refractivity contribution in [3.8, 4) is 0 Å². The van der Waals surface area contributed by atoms with Crippen LogP contribution in [-0.4, -0.2) is 47.4 Å². The third-order valence-corrected chi connectivity index (χ3v) is 16.1. The van der Waals surface area contributed by atoms with E-state index >= 15 is 0 Å². The summed E-state index contributed by atoms with van der Waals surface area (Å²) in [5.41, 5.74) is 0. The Kier molecular flexibility index (Phi) is 62.9. The van der Waals surface area contributed by atoms with Crippen molar-refractivity contribution < 1.29 is 24.5 Å². The molecule has 0 aromatic carbocycles. The van der Waals surface area contributed by atoms with Crippen LogP contribution in [0.4, 0.5) is 0 Å². The average Bonchev–Trinajstić information content (AvgIpc) is 3.40. The van der Waals surface area contributed by atoms with Crippen molar-refractivity contribution in [2.45, 2.75) is 398 Å². The topological polar surface area (TPSA) is 95.9 Å². The molecular formula is C68H133NO5. The Morgan fingerprint density at radius 2 is 0.635 bits per heavy atom. The number of rotatable bonds is 64. The van der Waals surface area contributed by atoms with Crippen LogP contribution in [0.2, 0.25) is 0 Å². The van der Waals surface area contributed by atoms with Gasteiger partial charge in [-0.25, -0.2) is 0 Å². The van der Waals surface area contributed by atoms with Crippen molar-refractivity contribution in [2.75, 3.05) is 13.2 Å². The Balaban J connectivity index is 3.29. The van der Waals surface area contributed by atoms with E-state index in [-0.39, 0.29) is 18.5 Å². The Labute approximate surface area is 463 Å². The van der Waals surface area contributed by atoms with Gasteiger partial charge in [-0.15, -0.1) is 0 Å². The van der Waals surface area contributed by atoms with Gasteiger partial charge in [-0.05, 0) is 51.4 Å². The second-order valence-corrected chi connectivity index (χ2v) is 23.5. The van der Waals surface area contributed by atoms with E-state index in [0.29, 0.717) is 25.9 Å². The van der Waals surface area contributed by atoms with Crippen LogP contribution in [0.25, 0.3) is 0 Å². The number of nitrogens with one attached hydrogen (secondary N) is 1. The standard InChI is InChI=1S/C68H133NO5/c1-3-5-7-9-11-13-41-46-50-54-58-62-68(73)74-63-59-55-51-47-43-40-38-36-34-32-30-28-26-24-22-20-18-16-14-15-17-19-21-23-25-27-29-31-33-35-37-39-42-45-49-53-57-61-67(72)69-65(64-70)66(71)60-56-52-48-44-12-10-8-6-4-2/h14,16,65-66,70-71H,3-13,15,17-64H2,1-2H3,(H,69,72)/b16-14-. The van der Waals surface area contributed by atoms with Gasteiger partial charge in [0.05, 0.1) is 25.4 Å². The molecule has 0 aliphatic carbocycles. The summed E-state index contributed by atoms with van der Waals surface area (Å²) in [6.07, 6.45) is 78.5. The number of hydrogen-bond acceptors (Lipinski definition) is 5. The normalized spacial score (nSPS) is 12.5. The van der Waals surface area contributed by atoms with Crippen molar-refractivity contribution >= 4 is 11.9 Å². The van der Waals surface area contributed by atoms with Crippen molar-refractivity contribution in [1.82, 2.24) is 5.32 Å². The predicted molar refractivity (Wildman–Crippen MR) is 324 cm³/mol. The molecule has 0 aromatic rings. The third-order valence-electron chi connectivity index (χ3n) is 16.1. The minimum atomic E-state index is -0.658. The van der Waals surface area contributed by atoms with Crippen LogP contribution in [0, 0.1) is 0 Å². The molecule has 0 spiro atoms. The van der Waals surface area contributed by atoms with Crippen LogP contribution in [0.15, 0.2) is 12.2 Å². The summed E-state index contributed by atoms with van der Waals surface area (Å²) in [6, 6.07) is -0.535. The van der Waals surface area contributed by atoms with Gasteiger partial charge in [0.15, 0.2) is 0 Å². The first kappa shape index (κ1) is 72.6. The summed E-state index contributed by atoms with van der Waals surface area (Å²) in [7, 11) is 0. The number of carbonyl (C=O) groups is 2. The molecule has 3 N–H and O–H groups in total. The molecule has 0 aromatic heterocycles. The maximum atomic E-state index is 12.4. The Morgan fingerprint density at radius 3 is 0.959 bits per heavy atom. The van der Waals surface area contributed by atoms with Gasteiger partial charge in [0, 0.05) is 12.8 Å². The molecule has 0 bridgehead atoms. The lowest BCUT2D eigenvalue weighted by Crippen LogP contribution is -2.45. The van der Waals surface area contributed by atoms with E-state index in [0.717, 1.165) is 38.5 Å². The number of allylic oxidation sites excluding steroid dienone is 2. The van der Waals surface area contributed by atoms with E-state index in [1.54, 1.807) is 0 Å². The fourth-order valence-electron chi connectivity index (χ4n) is 10.9. The highest BCUT2D eigenvalue weighted by Crippen LogP contribution is 2.19. The van der Waals surface area contributed by atoms with Gasteiger partial charge in [-0.2, -0.15) is 0 Å². The molecule has 2 unspecified atom stereocenters. The first-order valence-corrected chi connectivity index (χ1v) is 33.9. The summed E-state index contributed by atoms with van der Waals surface area (Å²) < 4.78 is 5.48. The van der Waals surface area contributed by atoms with Gasteiger partial charge in [-0.1, -0.05) is 334 Å². The zero-order valence-corrected chi connectivity index (χ0v) is 50.4. The summed E-state index contributed by atoms with van der Waals surface area (Å²) in [5.74, 6) is -0.00985. The summed E-state index contributed by atoms with van der Waals surface area (Å²) in [6.45, 7) is 4.96. The lowest BCUT2D eigenvalue weighted by Gasteiger charge is -2.22. The van der Waals surface area contributed by atoms with E-state index in [2.05, 4.69) is 31.3 Å². The van der Waals surface area contributed by atoms with Crippen molar-refractivity contribution in [3.05, 3.63) is 12.2 Å². The maximum absolute atomic E-state index is 12.4. The van der Waals surface area contributed by atoms with Crippen molar-refractivity contribution in [2.24, 2.45) is 0 Å². The van der Waals surface area contributed by atoms with Gasteiger partial charge < -0.3 is 20.3 Å². The number of amides is 1. The zero-order valence-electron chi connectivity index (χ0n) is 50.4. The molecule has 6 heteroatoms. The molecule has 0 heterocycles. The van der Waals surface area contributed by atoms with Crippen molar-refractivity contribution in [3.63, 3.8) is 0 Å². The third kappa shape index (κ3) is 59.8. The lowest BCUT2D eigenvalue weighted by molar-refractivity contribution is -0.143. The van der Waals surface area contributed by atoms with Gasteiger partial charge in [0.25, 0.3) is 0 Å². The number of esters is 1. The average molecular weight is 1040 g/mol. The van der Waals surface area contributed by atoms with Gasteiger partial charge in [0.1, 0.15) is 0 Å². The Morgan fingerprint density at radius 1 is 0.365 bits per heavy atom. The number of aliphatic hydroxyl groups excluding tert-OH is 2. The lowest BCUT2D eigenvalue weighted by atomic mass is 10.0. The molecule has 0 radical (unpaired) electrons. The molecule has 0 saturated carbocycles. The minimum absolute atomic E-state index is 0.0216. The molecular weight excluding hydrogens is 911 g/mol. The van der Waals surface area contributed by atoms with E-state index in [1.807, 2.05) is 0 Å². The highest BCUT2D eigenvalue weighted by atomic mass is 16.5. The Bertz CT molecular complexity index is 1110. The van der Waals surface area contributed by atoms with E-state index in [9.17, 15) is 19.8 Å². The molecule has 74 heavy (non-hydrogen) atoms. The second-order valence-electron chi connectivity index (χ2n) is 23.5. The van der Waals surface area contributed by atoms with E-state index < -0.39 is 12.1 Å². The first-order valence-electron chi connectivity index (χ1n) is 33.9. The molecule has 0 fully saturated rings. The summed E-state index contributed by atoms with van der Waals surface area (Å²) in [5, 5.41) is 23.1. The smallest absolute Gasteiger partial charge is 0.305 e. The maximum Gasteiger partial charge on any atom is 0.305 e. The van der Waals surface area contributed by atoms with Crippen LogP contribution >= 0.6 is 0 Å². The molecule has 0 saturated heterocycles. The molecule has 0 aliphatic rings. The minimum Gasteiger partial charge on any atom is -0.466 e. The number of aliphatic hydroxyl groups is 2. The molecule has 440 valence electrons. The number of carbonyl (C=O) groups excluding carboxylic acids is 2. The predicted octanol–water partition coefficient (Wildman–Crippen LogP) is 21.6. The van der Waals surface area contributed by atoms with Crippen LogP contribution in [0.3, 0.4) is 0 Å². The summed E-state index contributed by atoms with van der Waals surface area (Å²) >= 11 is 0. The van der Waals surface area contributed by atoms with E-state index in [1.165, 1.54) is 315 Å². The van der Waals surface area contributed by atoms with Crippen LogP contribution in [0.5, 0.6) is 0 Å². The monoisotopic (exact) mass is 1040 g/mol.